The summed E-state index contributed by atoms with van der Waals surface area (Å²) in [5.41, 5.74) is 3.15. The zero-order chi connectivity index (χ0) is 18.1. The van der Waals surface area contributed by atoms with Crippen molar-refractivity contribution in [2.75, 3.05) is 0 Å². The molecular weight excluding hydrogens is 339 g/mol. The molecule has 2 heteroatoms. The van der Waals surface area contributed by atoms with Gasteiger partial charge in [-0.3, -0.25) is 0 Å². The molecule has 0 bridgehead atoms. The summed E-state index contributed by atoms with van der Waals surface area (Å²) in [6.07, 6.45) is 0.464. The van der Waals surface area contributed by atoms with Crippen LogP contribution in [0.15, 0.2) is 72.9 Å². The second-order valence-electron chi connectivity index (χ2n) is 6.75. The third kappa shape index (κ3) is 4.11. The minimum absolute atomic E-state index is 0.649. The molecule has 0 fully saturated rings. The van der Waals surface area contributed by atoms with Crippen LogP contribution in [0.2, 0.25) is 17.3 Å². The molecule has 116 valence electrons. The molecule has 0 atom stereocenters. The van der Waals surface area contributed by atoms with Gasteiger partial charge in [0.15, 0.2) is 0 Å². The van der Waals surface area contributed by atoms with Crippen LogP contribution in [0.4, 0.5) is 0 Å². The number of pyridine rings is 1. The van der Waals surface area contributed by atoms with E-state index in [9.17, 15) is 0 Å². The molecule has 0 spiro atoms. The summed E-state index contributed by atoms with van der Waals surface area (Å²) in [5, 5.41) is 0. The van der Waals surface area contributed by atoms with Gasteiger partial charge in [-0.25, -0.2) is 0 Å². The SMILES string of the molecule is [2H]C([2H])(c1ccccc1)c1cccc(-c2cc[c]([Ge]([CH3])([CH3])[CH3])cn2)c1. The first-order valence-electron chi connectivity index (χ1n) is 8.91. The van der Waals surface area contributed by atoms with Crippen LogP contribution in [0.3, 0.4) is 0 Å². The zero-order valence-corrected chi connectivity index (χ0v) is 16.0. The number of hydrogen-bond acceptors (Lipinski definition) is 1. The van der Waals surface area contributed by atoms with E-state index in [0.29, 0.717) is 11.1 Å². The molecule has 0 radical (unpaired) electrons. The average Bonchev–Trinajstić information content (AvgIpc) is 2.62. The van der Waals surface area contributed by atoms with E-state index < -0.39 is 19.6 Å². The second-order valence-corrected chi connectivity index (χ2v) is 17.4. The molecule has 3 rings (SSSR count). The van der Waals surface area contributed by atoms with E-state index in [1.54, 1.807) is 0 Å². The molecule has 0 amide bonds. The first-order chi connectivity index (χ1) is 11.8. The van der Waals surface area contributed by atoms with Crippen molar-refractivity contribution in [1.82, 2.24) is 4.98 Å². The standard InChI is InChI=1S/C21H23GeN/c1-22(2,3)20-12-13-21(23-16-20)19-11-7-10-18(15-19)14-17-8-5-4-6-9-17/h4-13,15-16H,14H2,1-3H3/i14D2. The Bertz CT molecular complexity index is 853. The molecule has 0 aliphatic carbocycles. The van der Waals surface area contributed by atoms with E-state index in [0.717, 1.165) is 11.3 Å². The van der Waals surface area contributed by atoms with Gasteiger partial charge in [0.1, 0.15) is 0 Å². The zero-order valence-electron chi connectivity index (χ0n) is 15.9. The van der Waals surface area contributed by atoms with Gasteiger partial charge in [0.25, 0.3) is 0 Å². The van der Waals surface area contributed by atoms with Crippen LogP contribution < -0.4 is 4.40 Å². The average molecular weight is 364 g/mol. The fraction of sp³-hybridized carbons (Fsp3) is 0.190. The first kappa shape index (κ1) is 13.6. The quantitative estimate of drug-likeness (QED) is 0.601. The Morgan fingerprint density at radius 1 is 0.870 bits per heavy atom. The summed E-state index contributed by atoms with van der Waals surface area (Å²) in [7, 11) is 0. The van der Waals surface area contributed by atoms with Crippen LogP contribution in [0.1, 0.15) is 13.9 Å². The van der Waals surface area contributed by atoms with Crippen molar-refractivity contribution in [3.05, 3.63) is 84.1 Å². The molecule has 0 saturated heterocycles. The first-order valence-corrected chi connectivity index (χ1v) is 15.3. The molecule has 1 heterocycles. The van der Waals surface area contributed by atoms with Gasteiger partial charge < -0.3 is 0 Å². The summed E-state index contributed by atoms with van der Waals surface area (Å²) < 4.78 is 18.4. The fourth-order valence-electron chi connectivity index (χ4n) is 2.45. The molecule has 3 aromatic rings. The van der Waals surface area contributed by atoms with Crippen molar-refractivity contribution in [2.24, 2.45) is 0 Å². The van der Waals surface area contributed by atoms with E-state index in [2.05, 4.69) is 34.4 Å². The Kier molecular flexibility index (Phi) is 3.96. The fourth-order valence-corrected chi connectivity index (χ4v) is 4.62. The molecule has 0 unspecified atom stereocenters. The summed E-state index contributed by atoms with van der Waals surface area (Å²) in [4.78, 5) is 4.64. The van der Waals surface area contributed by atoms with Gasteiger partial charge in [0.2, 0.25) is 0 Å². The molecule has 1 aromatic heterocycles. The molecule has 23 heavy (non-hydrogen) atoms. The third-order valence-electron chi connectivity index (χ3n) is 3.85. The predicted octanol–water partition coefficient (Wildman–Crippen LogP) is 4.88. The molecule has 2 aromatic carbocycles. The Labute approximate surface area is 144 Å². The molecule has 0 saturated carbocycles. The van der Waals surface area contributed by atoms with Gasteiger partial charge in [0.05, 0.1) is 0 Å². The number of rotatable bonds is 4. The number of benzene rings is 2. The molecule has 0 N–H and O–H groups in total. The van der Waals surface area contributed by atoms with Crippen molar-refractivity contribution >= 4 is 17.7 Å². The summed E-state index contributed by atoms with van der Waals surface area (Å²) in [6, 6.07) is 21.2. The summed E-state index contributed by atoms with van der Waals surface area (Å²) in [6.45, 7) is 0. The van der Waals surface area contributed by atoms with E-state index in [-0.39, 0.29) is 0 Å². The maximum atomic E-state index is 8.54. The van der Waals surface area contributed by atoms with E-state index in [4.69, 9.17) is 2.74 Å². The summed E-state index contributed by atoms with van der Waals surface area (Å²) >= 11 is -1.87. The van der Waals surface area contributed by atoms with Gasteiger partial charge >= 0.3 is 144 Å². The Balaban J connectivity index is 1.97. The van der Waals surface area contributed by atoms with Gasteiger partial charge in [-0.2, -0.15) is 0 Å². The monoisotopic (exact) mass is 365 g/mol. The van der Waals surface area contributed by atoms with Gasteiger partial charge in [-0.15, -0.1) is 0 Å². The normalized spacial score (nSPS) is 13.3. The van der Waals surface area contributed by atoms with Crippen LogP contribution in [0.5, 0.6) is 0 Å². The maximum absolute atomic E-state index is 8.54. The van der Waals surface area contributed by atoms with Gasteiger partial charge in [-0.1, -0.05) is 0 Å². The van der Waals surface area contributed by atoms with Crippen molar-refractivity contribution in [1.29, 1.82) is 0 Å². The Hall–Kier alpha value is -1.87. The van der Waals surface area contributed by atoms with Crippen LogP contribution in [-0.4, -0.2) is 18.3 Å². The van der Waals surface area contributed by atoms with Gasteiger partial charge in [0, 0.05) is 0 Å². The van der Waals surface area contributed by atoms with E-state index in [1.807, 2.05) is 60.8 Å². The Morgan fingerprint density at radius 3 is 2.26 bits per heavy atom. The van der Waals surface area contributed by atoms with Crippen molar-refractivity contribution < 1.29 is 2.74 Å². The molecule has 0 aliphatic rings. The van der Waals surface area contributed by atoms with Crippen LogP contribution >= 0.6 is 0 Å². The van der Waals surface area contributed by atoms with Crippen LogP contribution in [0, 0.1) is 0 Å². The topological polar surface area (TPSA) is 12.9 Å². The predicted molar refractivity (Wildman–Crippen MR) is 102 cm³/mol. The second kappa shape index (κ2) is 6.71. The minimum atomic E-state index is -1.87. The molecular formula is C21H23GeN. The van der Waals surface area contributed by atoms with Crippen LogP contribution in [-0.2, 0) is 6.37 Å². The number of aromatic nitrogens is 1. The molecule has 0 aliphatic heterocycles. The third-order valence-corrected chi connectivity index (χ3v) is 8.10. The Morgan fingerprint density at radius 2 is 1.61 bits per heavy atom. The van der Waals surface area contributed by atoms with E-state index in [1.165, 1.54) is 4.40 Å². The van der Waals surface area contributed by atoms with Crippen molar-refractivity contribution in [2.45, 2.75) is 23.6 Å². The summed E-state index contributed by atoms with van der Waals surface area (Å²) in [5.74, 6) is 7.06. The number of nitrogens with zero attached hydrogens (tertiary/aromatic N) is 1. The van der Waals surface area contributed by atoms with Crippen LogP contribution in [0.25, 0.3) is 11.3 Å². The number of hydrogen-bond donors (Lipinski definition) is 0. The molecule has 1 nitrogen and oxygen atoms in total. The van der Waals surface area contributed by atoms with Crippen molar-refractivity contribution in [3.8, 4) is 11.3 Å². The van der Waals surface area contributed by atoms with Crippen molar-refractivity contribution in [3.63, 3.8) is 0 Å². The van der Waals surface area contributed by atoms with E-state index >= 15 is 0 Å². The van der Waals surface area contributed by atoms with Gasteiger partial charge in [-0.05, 0) is 0 Å².